The number of fused-ring (bicyclic) bond motifs is 2. The minimum absolute atomic E-state index is 0.0275. The number of nitrogens with one attached hydrogen (secondary N) is 1. The molecule has 5 atom stereocenters. The van der Waals surface area contributed by atoms with Crippen LogP contribution >= 0.6 is 30.7 Å². The van der Waals surface area contributed by atoms with E-state index in [9.17, 15) is 28.5 Å². The van der Waals surface area contributed by atoms with Crippen LogP contribution in [-0.4, -0.2) is 119 Å². The largest absolute Gasteiger partial charge is 0.510 e. The van der Waals surface area contributed by atoms with Gasteiger partial charge in [0.15, 0.2) is 5.12 Å². The molecule has 1 aromatic carbocycles. The fourth-order valence-corrected chi connectivity index (χ4v) is 11.4. The molecule has 6 heterocycles. The number of thiophene rings is 1. The van der Waals surface area contributed by atoms with Crippen LogP contribution < -0.4 is 5.32 Å². The number of nitrogens with zero attached hydrogens (tertiary/aromatic N) is 4. The Labute approximate surface area is 365 Å². The van der Waals surface area contributed by atoms with Crippen LogP contribution in [0.15, 0.2) is 42.7 Å². The number of thioether (sulfide) groups is 1. The van der Waals surface area contributed by atoms with Gasteiger partial charge in [0, 0.05) is 66.9 Å². The van der Waals surface area contributed by atoms with Crippen molar-refractivity contribution in [1.82, 2.24) is 25.1 Å². The molecule has 4 fully saturated rings. The van der Waals surface area contributed by atoms with Gasteiger partial charge in [-0.1, -0.05) is 38.1 Å². The van der Waals surface area contributed by atoms with Gasteiger partial charge < -0.3 is 33.9 Å². The smallest absolute Gasteiger partial charge is 0.428 e. The average Bonchev–Trinajstić information content (AvgIpc) is 3.98. The minimum atomic E-state index is -5.44. The maximum Gasteiger partial charge on any atom is 0.510 e. The molecule has 0 bridgehead atoms. The molecule has 7 rings (SSSR count). The predicted octanol–water partition coefficient (Wildman–Crippen LogP) is 6.69. The number of amides is 3. The van der Waals surface area contributed by atoms with Gasteiger partial charge in [0.1, 0.15) is 18.0 Å². The van der Waals surface area contributed by atoms with E-state index >= 15 is 8.78 Å². The summed E-state index contributed by atoms with van der Waals surface area (Å²) in [5.41, 5.74) is -5.02. The number of benzene rings is 1. The second kappa shape index (κ2) is 20.2. The van der Waals surface area contributed by atoms with Crippen molar-refractivity contribution in [2.75, 3.05) is 52.0 Å². The summed E-state index contributed by atoms with van der Waals surface area (Å²) in [4.78, 5) is 77.8. The third kappa shape index (κ3) is 10.6. The van der Waals surface area contributed by atoms with Gasteiger partial charge in [0.2, 0.25) is 18.6 Å². The van der Waals surface area contributed by atoms with E-state index in [-0.39, 0.29) is 70.4 Å². The second-order valence-electron chi connectivity index (χ2n) is 16.2. The molecule has 4 aliphatic rings. The molecule has 3 amide bonds. The molecule has 2 aromatic heterocycles. The molecule has 2 unspecified atom stereocenters. The van der Waals surface area contributed by atoms with E-state index in [1.165, 1.54) is 12.1 Å². The van der Waals surface area contributed by atoms with Crippen LogP contribution in [0.25, 0.3) is 10.1 Å². The molecular formula is C41H50F2N5O11PS2. The van der Waals surface area contributed by atoms with E-state index in [1.54, 1.807) is 28.3 Å². The lowest BCUT2D eigenvalue weighted by atomic mass is 9.96. The summed E-state index contributed by atoms with van der Waals surface area (Å²) in [5, 5.41) is 2.91. The number of likely N-dealkylation sites (tertiary alicyclic amines) is 1. The summed E-state index contributed by atoms with van der Waals surface area (Å²) in [5.74, 6) is -0.580. The highest BCUT2D eigenvalue weighted by molar-refractivity contribution is 8.13. The number of hydrogen-bond donors (Lipinski definition) is 1. The summed E-state index contributed by atoms with van der Waals surface area (Å²) in [6, 6.07) is 6.02. The number of carbonyl (C=O) groups is 5. The highest BCUT2D eigenvalue weighted by Gasteiger charge is 2.56. The molecule has 3 aromatic rings. The molecule has 4 aliphatic heterocycles. The van der Waals surface area contributed by atoms with Crippen LogP contribution in [0.1, 0.15) is 85.8 Å². The van der Waals surface area contributed by atoms with Gasteiger partial charge in [0.25, 0.3) is 5.91 Å². The molecule has 21 heteroatoms. The first-order chi connectivity index (χ1) is 29.7. The lowest BCUT2D eigenvalue weighted by Crippen LogP contribution is -2.57. The van der Waals surface area contributed by atoms with E-state index in [4.69, 9.17) is 23.3 Å². The molecule has 4 saturated heterocycles. The highest BCUT2D eigenvalue weighted by Crippen LogP contribution is 2.67. The number of ether oxygens (including phenoxy) is 3. The van der Waals surface area contributed by atoms with Crippen molar-refractivity contribution in [3.8, 4) is 0 Å². The van der Waals surface area contributed by atoms with Crippen molar-refractivity contribution in [1.29, 1.82) is 0 Å². The van der Waals surface area contributed by atoms with Crippen LogP contribution in [0, 0.1) is 11.8 Å². The fraction of sp³-hybridized carbons (Fsp3) is 0.585. The zero-order valence-corrected chi connectivity index (χ0v) is 36.9. The Balaban J connectivity index is 0.980. The van der Waals surface area contributed by atoms with Crippen molar-refractivity contribution in [2.45, 2.75) is 88.6 Å². The quantitative estimate of drug-likeness (QED) is 0.0652. The number of hydrogen-bond acceptors (Lipinski definition) is 15. The van der Waals surface area contributed by atoms with Crippen molar-refractivity contribution in [3.63, 3.8) is 0 Å². The topological polar surface area (TPSA) is 193 Å². The zero-order valence-electron chi connectivity index (χ0n) is 34.4. The van der Waals surface area contributed by atoms with Gasteiger partial charge >= 0.3 is 19.4 Å². The Bertz CT molecular complexity index is 2160. The molecule has 16 nitrogen and oxygen atoms in total. The van der Waals surface area contributed by atoms with Crippen LogP contribution in [0.5, 0.6) is 0 Å². The monoisotopic (exact) mass is 921 g/mol. The first-order valence-electron chi connectivity index (χ1n) is 20.8. The van der Waals surface area contributed by atoms with Crippen molar-refractivity contribution < 1.29 is 60.6 Å². The van der Waals surface area contributed by atoms with Crippen LogP contribution in [-0.2, 0) is 47.9 Å². The Kier molecular flexibility index (Phi) is 15.0. The first kappa shape index (κ1) is 45.9. The number of alkyl halides is 2. The van der Waals surface area contributed by atoms with Gasteiger partial charge in [-0.05, 0) is 61.3 Å². The van der Waals surface area contributed by atoms with E-state index in [0.29, 0.717) is 49.5 Å². The Morgan fingerprint density at radius 3 is 2.60 bits per heavy atom. The van der Waals surface area contributed by atoms with Gasteiger partial charge in [-0.3, -0.25) is 28.3 Å². The zero-order chi connectivity index (χ0) is 44.0. The van der Waals surface area contributed by atoms with E-state index in [0.717, 1.165) is 54.5 Å². The van der Waals surface area contributed by atoms with Crippen LogP contribution in [0.3, 0.4) is 0 Å². The van der Waals surface area contributed by atoms with Crippen molar-refractivity contribution in [2.24, 2.45) is 11.8 Å². The average molecular weight is 922 g/mol. The van der Waals surface area contributed by atoms with E-state index in [2.05, 4.69) is 15.3 Å². The number of halogens is 2. The van der Waals surface area contributed by atoms with Gasteiger partial charge in [-0.15, -0.1) is 11.3 Å². The Hall–Kier alpha value is -4.07. The second-order valence-corrected chi connectivity index (χ2v) is 20.5. The SMILES string of the molecule is CC(C)CC(=O)SCCOP(=O)(OCOC(=O)O[C@@H]1CCOC1)C(F)(F)c1ccc2sc(C(=O)NCC3CCC[C@H]4CC[C@@H](C(=O)N5CC(c6ncccn6)C5)N4C3=O)cc2c1. The Morgan fingerprint density at radius 2 is 1.85 bits per heavy atom. The Morgan fingerprint density at radius 1 is 1.06 bits per heavy atom. The third-order valence-electron chi connectivity index (χ3n) is 11.3. The summed E-state index contributed by atoms with van der Waals surface area (Å²) < 4.78 is 72.2. The maximum absolute atomic E-state index is 16.3. The van der Waals surface area contributed by atoms with Gasteiger partial charge in [-0.2, -0.15) is 8.78 Å². The summed E-state index contributed by atoms with van der Waals surface area (Å²) in [6.45, 7) is 3.53. The lowest BCUT2D eigenvalue weighted by molar-refractivity contribution is -0.149. The molecule has 62 heavy (non-hydrogen) atoms. The van der Waals surface area contributed by atoms with Gasteiger partial charge in [-0.25, -0.2) is 14.8 Å². The molecule has 1 N–H and O–H groups in total. The lowest BCUT2D eigenvalue weighted by Gasteiger charge is -2.41. The molecular weight excluding hydrogens is 872 g/mol. The fourth-order valence-electron chi connectivity index (χ4n) is 8.05. The first-order valence-corrected chi connectivity index (χ1v) is 24.1. The van der Waals surface area contributed by atoms with Crippen molar-refractivity contribution >= 4 is 69.8 Å². The third-order valence-corrected chi connectivity index (χ3v) is 15.2. The highest BCUT2D eigenvalue weighted by atomic mass is 32.2. The number of carbonyl (C=O) groups excluding carboxylic acids is 5. The van der Waals surface area contributed by atoms with Gasteiger partial charge in [0.05, 0.1) is 36.5 Å². The van der Waals surface area contributed by atoms with Crippen LogP contribution in [0.4, 0.5) is 13.6 Å². The molecule has 0 spiro atoms. The summed E-state index contributed by atoms with van der Waals surface area (Å²) >= 11 is 1.90. The summed E-state index contributed by atoms with van der Waals surface area (Å²) in [6.07, 6.45) is 5.58. The molecule has 0 aliphatic carbocycles. The molecule has 0 saturated carbocycles. The van der Waals surface area contributed by atoms with Crippen molar-refractivity contribution in [3.05, 3.63) is 59.0 Å². The number of rotatable bonds is 17. The standard InChI is InChI=1S/C41H50F2N5O11PS2/c1-25(2)17-35(49)61-16-15-57-60(54,58-24-56-40(53)59-31-11-14-55-23-31)41(42,43)29-7-10-33-27(18-29)19-34(62-33)37(50)46-20-26-5-3-6-30-8-9-32(48(30)38(26)51)39(52)47-21-28(22-47)36-44-12-4-13-45-36/h4,7,10,12-13,18-19,25-26,28,30-32H,3,5-6,8-9,11,14-17,20-24H2,1-2H3,(H,46,50)/t26?,30-,31+,32-,60?/m0/s1. The molecule has 336 valence electrons. The normalized spacial score (nSPS) is 22.8. The number of aromatic nitrogens is 2. The molecule has 0 radical (unpaired) electrons. The minimum Gasteiger partial charge on any atom is -0.428 e. The van der Waals surface area contributed by atoms with E-state index in [1.807, 2.05) is 13.8 Å². The van der Waals surface area contributed by atoms with E-state index < -0.39 is 62.3 Å². The van der Waals surface area contributed by atoms with Crippen LogP contribution in [0.2, 0.25) is 0 Å². The summed E-state index contributed by atoms with van der Waals surface area (Å²) in [7, 11) is -5.44. The predicted molar refractivity (Wildman–Crippen MR) is 224 cm³/mol. The maximum atomic E-state index is 16.3.